The minimum atomic E-state index is -4.51. The molecule has 0 saturated heterocycles. The molecule has 3 aromatic carbocycles. The quantitative estimate of drug-likeness (QED) is 0.128. The van der Waals surface area contributed by atoms with Crippen LogP contribution in [0.2, 0.25) is 0 Å². The molecule has 8 nitrogen and oxygen atoms in total. The standard InChI is InChI=1S/C33H31F3N2O6/c1-20(18-30(39)23-6-10-25(11-7-23)33(34,35)36)37-29(32(40)41)19-22-4-12-27(13-5-22)43-17-16-28-21(2)44-31(38-28)24-8-14-26(42-3)15-9-24/h4-15,18,29,37H,16-17,19H2,1-3H3,(H,40,41)/b20-18-/t29-/m0/s1. The van der Waals surface area contributed by atoms with Crippen molar-refractivity contribution in [3.8, 4) is 23.0 Å². The maximum atomic E-state index is 12.8. The number of carbonyl (C=O) groups is 2. The largest absolute Gasteiger partial charge is 0.497 e. The third-order valence-electron chi connectivity index (χ3n) is 6.74. The molecule has 230 valence electrons. The summed E-state index contributed by atoms with van der Waals surface area (Å²) in [5, 5.41) is 12.5. The fraction of sp³-hybridized carbons (Fsp3) is 0.242. The van der Waals surface area contributed by atoms with Crippen LogP contribution in [-0.2, 0) is 23.8 Å². The third kappa shape index (κ3) is 8.50. The summed E-state index contributed by atoms with van der Waals surface area (Å²) >= 11 is 0. The van der Waals surface area contributed by atoms with Crippen LogP contribution in [-0.4, -0.2) is 41.6 Å². The monoisotopic (exact) mass is 608 g/mol. The number of carboxylic acids is 1. The highest BCUT2D eigenvalue weighted by molar-refractivity contribution is 6.04. The molecule has 0 fully saturated rings. The molecule has 0 amide bonds. The van der Waals surface area contributed by atoms with Gasteiger partial charge in [0.05, 0.1) is 25.0 Å². The molecule has 0 aliphatic rings. The van der Waals surface area contributed by atoms with Crippen molar-refractivity contribution in [1.29, 1.82) is 0 Å². The second kappa shape index (κ2) is 13.9. The van der Waals surface area contributed by atoms with Crippen molar-refractivity contribution in [3.05, 3.63) is 113 Å². The number of ether oxygens (including phenoxy) is 2. The number of methoxy groups -OCH3 is 1. The van der Waals surface area contributed by atoms with Crippen LogP contribution in [0.1, 0.15) is 39.9 Å². The van der Waals surface area contributed by atoms with Gasteiger partial charge in [-0.25, -0.2) is 9.78 Å². The van der Waals surface area contributed by atoms with Gasteiger partial charge in [0, 0.05) is 35.7 Å². The molecule has 0 aliphatic heterocycles. The van der Waals surface area contributed by atoms with Crippen LogP contribution in [0.15, 0.2) is 89.0 Å². The normalized spacial score (nSPS) is 12.5. The van der Waals surface area contributed by atoms with Crippen molar-refractivity contribution in [1.82, 2.24) is 10.3 Å². The van der Waals surface area contributed by atoms with E-state index in [1.165, 1.54) is 6.92 Å². The van der Waals surface area contributed by atoms with Crippen LogP contribution in [0.25, 0.3) is 11.5 Å². The summed E-state index contributed by atoms with van der Waals surface area (Å²) in [4.78, 5) is 29.0. The molecule has 1 aromatic heterocycles. The van der Waals surface area contributed by atoms with Crippen LogP contribution < -0.4 is 14.8 Å². The lowest BCUT2D eigenvalue weighted by Crippen LogP contribution is -2.37. The van der Waals surface area contributed by atoms with Gasteiger partial charge in [-0.05, 0) is 67.9 Å². The molecule has 1 atom stereocenters. The van der Waals surface area contributed by atoms with Gasteiger partial charge < -0.3 is 24.3 Å². The van der Waals surface area contributed by atoms with E-state index in [2.05, 4.69) is 10.3 Å². The lowest BCUT2D eigenvalue weighted by atomic mass is 10.0. The Bertz CT molecular complexity index is 1610. The number of nitrogens with zero attached hydrogens (tertiary/aromatic N) is 1. The van der Waals surface area contributed by atoms with Gasteiger partial charge in [0.1, 0.15) is 23.3 Å². The number of alkyl halides is 3. The number of allylic oxidation sites excluding steroid dienone is 2. The number of aromatic nitrogens is 1. The van der Waals surface area contributed by atoms with Crippen LogP contribution >= 0.6 is 0 Å². The van der Waals surface area contributed by atoms with Gasteiger partial charge >= 0.3 is 12.1 Å². The molecule has 11 heteroatoms. The zero-order valence-corrected chi connectivity index (χ0v) is 24.3. The van der Waals surface area contributed by atoms with E-state index < -0.39 is 29.5 Å². The van der Waals surface area contributed by atoms with Crippen molar-refractivity contribution >= 4 is 11.8 Å². The van der Waals surface area contributed by atoms with E-state index in [-0.39, 0.29) is 17.7 Å². The Morgan fingerprint density at radius 2 is 1.64 bits per heavy atom. The zero-order chi connectivity index (χ0) is 31.9. The van der Waals surface area contributed by atoms with E-state index in [4.69, 9.17) is 13.9 Å². The lowest BCUT2D eigenvalue weighted by molar-refractivity contribution is -0.139. The SMILES string of the molecule is COc1ccc(-c2nc(CCOc3ccc(C[C@H](N/C(C)=C\C(=O)c4ccc(C(F)(F)F)cc4)C(=O)O)cc3)c(C)o2)cc1. The highest BCUT2D eigenvalue weighted by Gasteiger charge is 2.30. The summed E-state index contributed by atoms with van der Waals surface area (Å²) in [6.45, 7) is 3.72. The molecule has 0 unspecified atom stereocenters. The Hall–Kier alpha value is -5.06. The predicted octanol–water partition coefficient (Wildman–Crippen LogP) is 6.67. The number of hydrogen-bond donors (Lipinski definition) is 2. The minimum absolute atomic E-state index is 0.0537. The van der Waals surface area contributed by atoms with Gasteiger partial charge in [-0.1, -0.05) is 24.3 Å². The van der Waals surface area contributed by atoms with Gasteiger partial charge in [-0.15, -0.1) is 0 Å². The number of halogens is 3. The molecule has 0 saturated carbocycles. The van der Waals surface area contributed by atoms with Crippen molar-refractivity contribution in [2.75, 3.05) is 13.7 Å². The first kappa shape index (κ1) is 31.9. The molecule has 0 bridgehead atoms. The van der Waals surface area contributed by atoms with E-state index >= 15 is 0 Å². The topological polar surface area (TPSA) is 111 Å². The maximum Gasteiger partial charge on any atom is 0.416 e. The highest BCUT2D eigenvalue weighted by atomic mass is 19.4. The van der Waals surface area contributed by atoms with Gasteiger partial charge in [0.25, 0.3) is 0 Å². The van der Waals surface area contributed by atoms with Gasteiger partial charge in [-0.3, -0.25) is 4.79 Å². The number of carboxylic acid groups (broad SMARTS) is 1. The molecule has 0 aliphatic carbocycles. The Labute approximate surface area is 252 Å². The smallest absolute Gasteiger partial charge is 0.416 e. The lowest BCUT2D eigenvalue weighted by Gasteiger charge is -2.16. The van der Waals surface area contributed by atoms with Crippen molar-refractivity contribution in [2.45, 2.75) is 38.9 Å². The molecular weight excluding hydrogens is 577 g/mol. The average Bonchev–Trinajstić information content (AvgIpc) is 3.37. The number of carbonyl (C=O) groups excluding carboxylic acids is 1. The van der Waals surface area contributed by atoms with E-state index in [9.17, 15) is 27.9 Å². The van der Waals surface area contributed by atoms with E-state index in [0.717, 1.165) is 52.9 Å². The van der Waals surface area contributed by atoms with Crippen LogP contribution in [0.3, 0.4) is 0 Å². The molecule has 2 N–H and O–H groups in total. The summed E-state index contributed by atoms with van der Waals surface area (Å²) in [5.41, 5.74) is 1.79. The van der Waals surface area contributed by atoms with Gasteiger partial charge in [-0.2, -0.15) is 13.2 Å². The summed E-state index contributed by atoms with van der Waals surface area (Å²) in [6, 6.07) is 17.2. The van der Waals surface area contributed by atoms with Crippen LogP contribution in [0, 0.1) is 6.92 Å². The summed E-state index contributed by atoms with van der Waals surface area (Å²) in [5.74, 6) is 0.879. The highest BCUT2D eigenvalue weighted by Crippen LogP contribution is 2.29. The van der Waals surface area contributed by atoms with Gasteiger partial charge in [0.2, 0.25) is 5.89 Å². The van der Waals surface area contributed by atoms with Crippen LogP contribution in [0.4, 0.5) is 13.2 Å². The number of aliphatic carboxylic acids is 1. The fourth-order valence-corrected chi connectivity index (χ4v) is 4.36. The Morgan fingerprint density at radius 3 is 2.23 bits per heavy atom. The van der Waals surface area contributed by atoms with E-state index in [1.807, 2.05) is 31.2 Å². The summed E-state index contributed by atoms with van der Waals surface area (Å²) in [7, 11) is 1.60. The second-order valence-corrected chi connectivity index (χ2v) is 10.00. The Morgan fingerprint density at radius 1 is 1.00 bits per heavy atom. The second-order valence-electron chi connectivity index (χ2n) is 10.00. The first-order chi connectivity index (χ1) is 20.9. The number of benzene rings is 3. The molecule has 44 heavy (non-hydrogen) atoms. The fourth-order valence-electron chi connectivity index (χ4n) is 4.36. The molecule has 4 rings (SSSR count). The molecule has 1 heterocycles. The predicted molar refractivity (Wildman–Crippen MR) is 157 cm³/mol. The van der Waals surface area contributed by atoms with E-state index in [1.54, 1.807) is 31.4 Å². The van der Waals surface area contributed by atoms with Crippen molar-refractivity contribution in [3.63, 3.8) is 0 Å². The number of hydrogen-bond acceptors (Lipinski definition) is 7. The summed E-state index contributed by atoms with van der Waals surface area (Å²) < 4.78 is 55.2. The average molecular weight is 609 g/mol. The number of nitrogens with one attached hydrogen (secondary N) is 1. The zero-order valence-electron chi connectivity index (χ0n) is 24.3. The Balaban J connectivity index is 1.30. The molecule has 0 spiro atoms. The number of aryl methyl sites for hydroxylation is 1. The van der Waals surface area contributed by atoms with Crippen molar-refractivity contribution < 1.29 is 41.8 Å². The Kier molecular flexibility index (Phi) is 10.1. The van der Waals surface area contributed by atoms with Crippen LogP contribution in [0.5, 0.6) is 11.5 Å². The third-order valence-corrected chi connectivity index (χ3v) is 6.74. The van der Waals surface area contributed by atoms with Crippen molar-refractivity contribution in [2.24, 2.45) is 0 Å². The minimum Gasteiger partial charge on any atom is -0.497 e. The maximum absolute atomic E-state index is 12.8. The van der Waals surface area contributed by atoms with E-state index in [0.29, 0.717) is 30.4 Å². The number of rotatable bonds is 13. The first-order valence-electron chi connectivity index (χ1n) is 13.6. The van der Waals surface area contributed by atoms with Gasteiger partial charge in [0.15, 0.2) is 5.78 Å². The number of oxazole rings is 1. The molecular formula is C33H31F3N2O6. The number of ketones is 1. The first-order valence-corrected chi connectivity index (χ1v) is 13.6. The summed E-state index contributed by atoms with van der Waals surface area (Å²) in [6.07, 6.45) is -2.71. The molecule has 4 aromatic rings. The molecule has 0 radical (unpaired) electrons.